The van der Waals surface area contributed by atoms with Crippen LogP contribution in [0.15, 0.2) is 45.6 Å². The van der Waals surface area contributed by atoms with E-state index in [1.165, 1.54) is 0 Å². The molecule has 3 heterocycles. The molecule has 1 aromatic carbocycles. The van der Waals surface area contributed by atoms with E-state index in [1.807, 2.05) is 37.3 Å². The SMILES string of the molecule is Cc1ccc2c(n1)oc1c3ccccc3c(=O)[nH]c21. The van der Waals surface area contributed by atoms with Gasteiger partial charge in [-0.2, -0.15) is 0 Å². The number of hydrogen-bond donors (Lipinski definition) is 1. The van der Waals surface area contributed by atoms with Crippen molar-refractivity contribution in [2.45, 2.75) is 6.92 Å². The second-order valence-corrected chi connectivity index (χ2v) is 4.61. The lowest BCUT2D eigenvalue weighted by Gasteiger charge is -1.96. The largest absolute Gasteiger partial charge is 0.435 e. The van der Waals surface area contributed by atoms with Crippen LogP contribution in [0.2, 0.25) is 0 Å². The summed E-state index contributed by atoms with van der Waals surface area (Å²) in [7, 11) is 0. The molecule has 0 amide bonds. The first-order valence-electron chi connectivity index (χ1n) is 6.05. The van der Waals surface area contributed by atoms with Gasteiger partial charge in [-0.3, -0.25) is 4.79 Å². The van der Waals surface area contributed by atoms with Crippen molar-refractivity contribution < 1.29 is 4.42 Å². The fourth-order valence-corrected chi connectivity index (χ4v) is 2.44. The number of aromatic nitrogens is 2. The zero-order valence-electron chi connectivity index (χ0n) is 10.2. The number of hydrogen-bond acceptors (Lipinski definition) is 3. The second kappa shape index (κ2) is 3.45. The zero-order chi connectivity index (χ0) is 13.0. The lowest BCUT2D eigenvalue weighted by Crippen LogP contribution is -2.05. The van der Waals surface area contributed by atoms with E-state index in [-0.39, 0.29) is 5.56 Å². The summed E-state index contributed by atoms with van der Waals surface area (Å²) >= 11 is 0. The predicted octanol–water partition coefficient (Wildman–Crippen LogP) is 3.13. The van der Waals surface area contributed by atoms with E-state index >= 15 is 0 Å². The molecule has 0 aliphatic heterocycles. The average molecular weight is 250 g/mol. The lowest BCUT2D eigenvalue weighted by molar-refractivity contribution is 0.655. The Morgan fingerprint density at radius 1 is 1.05 bits per heavy atom. The minimum Gasteiger partial charge on any atom is -0.435 e. The highest BCUT2D eigenvalue weighted by atomic mass is 16.3. The summed E-state index contributed by atoms with van der Waals surface area (Å²) in [5, 5.41) is 2.28. The predicted molar refractivity (Wildman–Crippen MR) is 74.4 cm³/mol. The number of rotatable bonds is 0. The Labute approximate surface area is 107 Å². The number of benzene rings is 1. The van der Waals surface area contributed by atoms with E-state index in [2.05, 4.69) is 9.97 Å². The summed E-state index contributed by atoms with van der Waals surface area (Å²) in [5.74, 6) is 0. The molecule has 0 aliphatic carbocycles. The van der Waals surface area contributed by atoms with Gasteiger partial charge in [0.1, 0.15) is 0 Å². The number of aryl methyl sites for hydroxylation is 1. The first-order valence-corrected chi connectivity index (χ1v) is 6.05. The third-order valence-electron chi connectivity index (χ3n) is 3.35. The molecule has 1 N–H and O–H groups in total. The summed E-state index contributed by atoms with van der Waals surface area (Å²) in [6.07, 6.45) is 0. The standard InChI is InChI=1S/C15H10N2O2/c1-8-6-7-11-12-13(19-15(11)16-8)9-4-2-3-5-10(9)14(18)17-12/h2-7H,1H3,(H,17,18). The third kappa shape index (κ3) is 1.34. The normalized spacial score (nSPS) is 11.6. The van der Waals surface area contributed by atoms with Crippen molar-refractivity contribution >= 4 is 33.0 Å². The van der Waals surface area contributed by atoms with Crippen molar-refractivity contribution in [1.29, 1.82) is 0 Å². The van der Waals surface area contributed by atoms with Gasteiger partial charge in [0.15, 0.2) is 5.58 Å². The van der Waals surface area contributed by atoms with Crippen LogP contribution in [0.25, 0.3) is 33.0 Å². The molecule has 0 saturated carbocycles. The number of pyridine rings is 2. The van der Waals surface area contributed by atoms with Gasteiger partial charge in [-0.25, -0.2) is 4.98 Å². The van der Waals surface area contributed by atoms with Crippen molar-refractivity contribution in [3.05, 3.63) is 52.4 Å². The topological polar surface area (TPSA) is 58.9 Å². The molecular formula is C15H10N2O2. The Morgan fingerprint density at radius 3 is 2.68 bits per heavy atom. The van der Waals surface area contributed by atoms with E-state index in [0.717, 1.165) is 16.5 Å². The molecule has 0 unspecified atom stereocenters. The number of furan rings is 1. The number of H-pyrrole nitrogens is 1. The van der Waals surface area contributed by atoms with Gasteiger partial charge in [0, 0.05) is 11.1 Å². The van der Waals surface area contributed by atoms with Crippen LogP contribution in [-0.4, -0.2) is 9.97 Å². The van der Waals surface area contributed by atoms with Crippen molar-refractivity contribution in [1.82, 2.24) is 9.97 Å². The Kier molecular flexibility index (Phi) is 1.87. The molecule has 0 radical (unpaired) electrons. The van der Waals surface area contributed by atoms with Gasteiger partial charge >= 0.3 is 0 Å². The highest BCUT2D eigenvalue weighted by Crippen LogP contribution is 2.29. The molecule has 0 spiro atoms. The van der Waals surface area contributed by atoms with Crippen LogP contribution in [0.5, 0.6) is 0 Å². The first-order chi connectivity index (χ1) is 9.24. The van der Waals surface area contributed by atoms with Gasteiger partial charge in [0.25, 0.3) is 5.56 Å². The second-order valence-electron chi connectivity index (χ2n) is 4.61. The maximum absolute atomic E-state index is 12.1. The van der Waals surface area contributed by atoms with Crippen LogP contribution in [0.4, 0.5) is 0 Å². The first kappa shape index (κ1) is 10.3. The average Bonchev–Trinajstić information content (AvgIpc) is 2.77. The molecule has 0 bridgehead atoms. The lowest BCUT2D eigenvalue weighted by atomic mass is 10.1. The Bertz CT molecular complexity index is 995. The molecule has 4 aromatic rings. The number of fused-ring (bicyclic) bond motifs is 5. The van der Waals surface area contributed by atoms with E-state index in [4.69, 9.17) is 4.42 Å². The monoisotopic (exact) mass is 250 g/mol. The van der Waals surface area contributed by atoms with Crippen LogP contribution >= 0.6 is 0 Å². The van der Waals surface area contributed by atoms with Crippen LogP contribution in [0, 0.1) is 6.92 Å². The fraction of sp³-hybridized carbons (Fsp3) is 0.0667. The van der Waals surface area contributed by atoms with Gasteiger partial charge in [-0.1, -0.05) is 18.2 Å². The third-order valence-corrected chi connectivity index (χ3v) is 3.35. The molecule has 4 heteroatoms. The van der Waals surface area contributed by atoms with Crippen LogP contribution < -0.4 is 5.56 Å². The van der Waals surface area contributed by atoms with Gasteiger partial charge in [0.2, 0.25) is 5.71 Å². The summed E-state index contributed by atoms with van der Waals surface area (Å²) in [4.78, 5) is 19.3. The van der Waals surface area contributed by atoms with Crippen LogP contribution in [0.1, 0.15) is 5.69 Å². The maximum atomic E-state index is 12.1. The van der Waals surface area contributed by atoms with Gasteiger partial charge in [0.05, 0.1) is 16.3 Å². The summed E-state index contributed by atoms with van der Waals surface area (Å²) < 4.78 is 5.82. The molecule has 4 rings (SSSR count). The number of nitrogens with zero attached hydrogens (tertiary/aromatic N) is 1. The molecule has 92 valence electrons. The van der Waals surface area contributed by atoms with Crippen LogP contribution in [0.3, 0.4) is 0 Å². The minimum absolute atomic E-state index is 0.105. The molecular weight excluding hydrogens is 240 g/mol. The smallest absolute Gasteiger partial charge is 0.256 e. The maximum Gasteiger partial charge on any atom is 0.256 e. The van der Waals surface area contributed by atoms with E-state index < -0.39 is 0 Å². The Balaban J connectivity index is 2.35. The molecule has 19 heavy (non-hydrogen) atoms. The Hall–Kier alpha value is -2.62. The molecule has 4 nitrogen and oxygen atoms in total. The molecule has 0 aliphatic rings. The summed E-state index contributed by atoms with van der Waals surface area (Å²) in [6.45, 7) is 1.91. The highest BCUT2D eigenvalue weighted by Gasteiger charge is 2.13. The molecule has 0 fully saturated rings. The summed E-state index contributed by atoms with van der Waals surface area (Å²) in [5.41, 5.74) is 2.74. The quantitative estimate of drug-likeness (QED) is 0.521. The van der Waals surface area contributed by atoms with Crippen LogP contribution in [-0.2, 0) is 0 Å². The molecule has 0 saturated heterocycles. The molecule has 3 aromatic heterocycles. The van der Waals surface area contributed by atoms with Crippen molar-refractivity contribution in [2.24, 2.45) is 0 Å². The minimum atomic E-state index is -0.105. The Morgan fingerprint density at radius 2 is 1.84 bits per heavy atom. The number of aromatic amines is 1. The van der Waals surface area contributed by atoms with E-state index in [9.17, 15) is 4.79 Å². The van der Waals surface area contributed by atoms with E-state index in [0.29, 0.717) is 22.2 Å². The number of nitrogens with one attached hydrogen (secondary N) is 1. The summed E-state index contributed by atoms with van der Waals surface area (Å²) in [6, 6.07) is 11.3. The van der Waals surface area contributed by atoms with Gasteiger partial charge < -0.3 is 9.40 Å². The molecule has 0 atom stereocenters. The van der Waals surface area contributed by atoms with Crippen molar-refractivity contribution in [3.8, 4) is 0 Å². The van der Waals surface area contributed by atoms with Crippen molar-refractivity contribution in [2.75, 3.05) is 0 Å². The highest BCUT2D eigenvalue weighted by molar-refractivity contribution is 6.11. The van der Waals surface area contributed by atoms with Gasteiger partial charge in [-0.15, -0.1) is 0 Å². The zero-order valence-corrected chi connectivity index (χ0v) is 10.2. The fourth-order valence-electron chi connectivity index (χ4n) is 2.44. The van der Waals surface area contributed by atoms with E-state index in [1.54, 1.807) is 6.07 Å². The van der Waals surface area contributed by atoms with Gasteiger partial charge in [-0.05, 0) is 25.1 Å². The van der Waals surface area contributed by atoms with Crippen molar-refractivity contribution in [3.63, 3.8) is 0 Å².